The largest absolute Gasteiger partial charge is 0.486 e. The fourth-order valence-corrected chi connectivity index (χ4v) is 3.54. The van der Waals surface area contributed by atoms with E-state index >= 15 is 0 Å². The fourth-order valence-electron chi connectivity index (χ4n) is 3.54. The SMILES string of the molecule is N#CC1(C#N)[C@@H](C(=O)c2ccccc2)[C@@H]1c1ccc2c(c1)OCCO2. The van der Waals surface area contributed by atoms with Crippen LogP contribution in [0.1, 0.15) is 21.8 Å². The highest BCUT2D eigenvalue weighted by atomic mass is 16.6. The van der Waals surface area contributed by atoms with Crippen molar-refractivity contribution in [2.75, 3.05) is 13.2 Å². The summed E-state index contributed by atoms with van der Waals surface area (Å²) in [7, 11) is 0. The summed E-state index contributed by atoms with van der Waals surface area (Å²) < 4.78 is 11.1. The summed E-state index contributed by atoms with van der Waals surface area (Å²) in [5.41, 5.74) is -0.0690. The molecule has 0 N–H and O–H groups in total. The molecule has 122 valence electrons. The standard InChI is InChI=1S/C20H14N2O3/c21-11-20(12-22)17(18(20)19(23)13-4-2-1-3-5-13)14-6-7-15-16(10-14)25-9-8-24-15/h1-7,10,17-18H,8-9H2/t17-,18+/m0/s1. The number of rotatable bonds is 3. The van der Waals surface area contributed by atoms with E-state index in [4.69, 9.17) is 9.47 Å². The van der Waals surface area contributed by atoms with Crippen molar-refractivity contribution in [3.63, 3.8) is 0 Å². The Bertz CT molecular complexity index is 910. The number of Topliss-reactive ketones (excluding diaryl/α,β-unsaturated/α-hetero) is 1. The van der Waals surface area contributed by atoms with Crippen LogP contribution in [0.25, 0.3) is 0 Å². The van der Waals surface area contributed by atoms with Gasteiger partial charge in [0, 0.05) is 11.5 Å². The van der Waals surface area contributed by atoms with Gasteiger partial charge in [-0.2, -0.15) is 10.5 Å². The number of nitrogens with zero attached hydrogens (tertiary/aromatic N) is 2. The number of hydrogen-bond acceptors (Lipinski definition) is 5. The zero-order valence-corrected chi connectivity index (χ0v) is 13.3. The van der Waals surface area contributed by atoms with E-state index in [0.717, 1.165) is 5.56 Å². The third-order valence-electron chi connectivity index (χ3n) is 4.84. The van der Waals surface area contributed by atoms with E-state index in [2.05, 4.69) is 12.1 Å². The molecular weight excluding hydrogens is 316 g/mol. The molecule has 1 saturated carbocycles. The van der Waals surface area contributed by atoms with Gasteiger partial charge in [-0.15, -0.1) is 0 Å². The summed E-state index contributed by atoms with van der Waals surface area (Å²) in [4.78, 5) is 12.9. The first kappa shape index (κ1) is 15.2. The second-order valence-corrected chi connectivity index (χ2v) is 6.18. The van der Waals surface area contributed by atoms with Gasteiger partial charge in [0.25, 0.3) is 0 Å². The fraction of sp³-hybridized carbons (Fsp3) is 0.250. The quantitative estimate of drug-likeness (QED) is 0.808. The molecule has 1 aliphatic carbocycles. The zero-order chi connectivity index (χ0) is 17.4. The Morgan fingerprint density at radius 2 is 1.68 bits per heavy atom. The third kappa shape index (κ3) is 2.25. The van der Waals surface area contributed by atoms with Gasteiger partial charge in [-0.1, -0.05) is 36.4 Å². The van der Waals surface area contributed by atoms with Gasteiger partial charge in [0.1, 0.15) is 13.2 Å². The van der Waals surface area contributed by atoms with Crippen LogP contribution in [-0.4, -0.2) is 19.0 Å². The molecule has 0 bridgehead atoms. The molecule has 1 fully saturated rings. The molecule has 2 atom stereocenters. The van der Waals surface area contributed by atoms with Gasteiger partial charge in [0.15, 0.2) is 22.7 Å². The van der Waals surface area contributed by atoms with Gasteiger partial charge in [0.2, 0.25) is 0 Å². The highest BCUT2D eigenvalue weighted by Crippen LogP contribution is 2.65. The lowest BCUT2D eigenvalue weighted by Gasteiger charge is -2.18. The van der Waals surface area contributed by atoms with Gasteiger partial charge >= 0.3 is 0 Å². The average molecular weight is 330 g/mol. The molecule has 0 radical (unpaired) electrons. The lowest BCUT2D eigenvalue weighted by Crippen LogP contribution is -2.15. The minimum Gasteiger partial charge on any atom is -0.486 e. The molecule has 25 heavy (non-hydrogen) atoms. The number of nitriles is 2. The van der Waals surface area contributed by atoms with Crippen LogP contribution in [0, 0.1) is 34.0 Å². The van der Waals surface area contributed by atoms with Crippen LogP contribution in [0.3, 0.4) is 0 Å². The van der Waals surface area contributed by atoms with Gasteiger partial charge in [-0.05, 0) is 17.7 Å². The molecule has 2 aliphatic rings. The molecule has 0 amide bonds. The molecule has 1 heterocycles. The van der Waals surface area contributed by atoms with Crippen molar-refractivity contribution in [2.45, 2.75) is 5.92 Å². The Labute approximate surface area is 145 Å². The van der Waals surface area contributed by atoms with Crippen LogP contribution in [-0.2, 0) is 0 Å². The third-order valence-corrected chi connectivity index (χ3v) is 4.84. The van der Waals surface area contributed by atoms with Gasteiger partial charge in [-0.25, -0.2) is 0 Å². The van der Waals surface area contributed by atoms with Crippen molar-refractivity contribution in [1.29, 1.82) is 10.5 Å². The Balaban J connectivity index is 1.72. The average Bonchev–Trinajstić information content (AvgIpc) is 3.37. The first-order valence-electron chi connectivity index (χ1n) is 8.02. The van der Waals surface area contributed by atoms with Crippen molar-refractivity contribution in [1.82, 2.24) is 0 Å². The van der Waals surface area contributed by atoms with Gasteiger partial charge in [0.05, 0.1) is 18.1 Å². The molecule has 1 aliphatic heterocycles. The zero-order valence-electron chi connectivity index (χ0n) is 13.3. The highest BCUT2D eigenvalue weighted by molar-refractivity contribution is 6.02. The monoisotopic (exact) mass is 330 g/mol. The molecule has 2 aromatic rings. The van der Waals surface area contributed by atoms with E-state index in [-0.39, 0.29) is 5.78 Å². The molecule has 0 unspecified atom stereocenters. The van der Waals surface area contributed by atoms with E-state index in [9.17, 15) is 15.3 Å². The number of carbonyl (C=O) groups excluding carboxylic acids is 1. The van der Waals surface area contributed by atoms with Crippen LogP contribution >= 0.6 is 0 Å². The smallest absolute Gasteiger partial charge is 0.169 e. The van der Waals surface area contributed by atoms with Crippen LogP contribution in [0.5, 0.6) is 11.5 Å². The Kier molecular flexibility index (Phi) is 3.44. The van der Waals surface area contributed by atoms with Crippen molar-refractivity contribution in [3.8, 4) is 23.6 Å². The van der Waals surface area contributed by atoms with E-state index in [0.29, 0.717) is 30.3 Å². The second-order valence-electron chi connectivity index (χ2n) is 6.18. The summed E-state index contributed by atoms with van der Waals surface area (Å²) in [5, 5.41) is 19.2. The molecule has 2 aromatic carbocycles. The molecular formula is C20H14N2O3. The Morgan fingerprint density at radius 1 is 1.00 bits per heavy atom. The molecule has 0 spiro atoms. The minimum atomic E-state index is -1.34. The normalized spacial score (nSPS) is 22.3. The first-order chi connectivity index (χ1) is 12.2. The van der Waals surface area contributed by atoms with Crippen molar-refractivity contribution in [2.24, 2.45) is 11.3 Å². The second kappa shape index (κ2) is 5.65. The van der Waals surface area contributed by atoms with E-state index in [1.54, 1.807) is 42.5 Å². The van der Waals surface area contributed by atoms with Crippen molar-refractivity contribution >= 4 is 5.78 Å². The molecule has 0 aromatic heterocycles. The molecule has 5 nitrogen and oxygen atoms in total. The number of benzene rings is 2. The Morgan fingerprint density at radius 3 is 2.36 bits per heavy atom. The van der Waals surface area contributed by atoms with Gasteiger partial charge < -0.3 is 9.47 Å². The predicted octanol–water partition coefficient (Wildman–Crippen LogP) is 3.09. The molecule has 0 saturated heterocycles. The molecule has 4 rings (SSSR count). The van der Waals surface area contributed by atoms with Crippen molar-refractivity contribution in [3.05, 3.63) is 59.7 Å². The summed E-state index contributed by atoms with van der Waals surface area (Å²) in [5.74, 6) is -0.0884. The lowest BCUT2D eigenvalue weighted by molar-refractivity contribution is 0.0958. The van der Waals surface area contributed by atoms with E-state index in [1.165, 1.54) is 0 Å². The maximum absolute atomic E-state index is 12.9. The summed E-state index contributed by atoms with van der Waals surface area (Å²) >= 11 is 0. The summed E-state index contributed by atoms with van der Waals surface area (Å²) in [6.07, 6.45) is 0. The number of hydrogen-bond donors (Lipinski definition) is 0. The number of carbonyl (C=O) groups is 1. The van der Waals surface area contributed by atoms with E-state index < -0.39 is 17.3 Å². The summed E-state index contributed by atoms with van der Waals surface area (Å²) in [6, 6.07) is 18.3. The van der Waals surface area contributed by atoms with Crippen LogP contribution < -0.4 is 9.47 Å². The maximum atomic E-state index is 12.9. The number of ketones is 1. The molecule has 5 heteroatoms. The number of ether oxygens (including phenoxy) is 2. The topological polar surface area (TPSA) is 83.1 Å². The maximum Gasteiger partial charge on any atom is 0.169 e. The first-order valence-corrected chi connectivity index (χ1v) is 8.02. The predicted molar refractivity (Wildman–Crippen MR) is 88.1 cm³/mol. The summed E-state index contributed by atoms with van der Waals surface area (Å²) in [6.45, 7) is 0.945. The van der Waals surface area contributed by atoms with Crippen molar-refractivity contribution < 1.29 is 14.3 Å². The van der Waals surface area contributed by atoms with Gasteiger partial charge in [-0.3, -0.25) is 4.79 Å². The minimum absolute atomic E-state index is 0.177. The number of fused-ring (bicyclic) bond motifs is 1. The van der Waals surface area contributed by atoms with Crippen LogP contribution in [0.2, 0.25) is 0 Å². The van der Waals surface area contributed by atoms with E-state index in [1.807, 2.05) is 6.07 Å². The van der Waals surface area contributed by atoms with Crippen LogP contribution in [0.15, 0.2) is 48.5 Å². The highest BCUT2D eigenvalue weighted by Gasteiger charge is 2.70. The lowest BCUT2D eigenvalue weighted by atomic mass is 10.0. The van der Waals surface area contributed by atoms with Crippen LogP contribution in [0.4, 0.5) is 0 Å². The Hall–Kier alpha value is -3.31.